The molecule has 1 aliphatic rings. The maximum atomic E-state index is 12.3. The standard InChI is InChI=1S/C12H13Br2NO3S/c13-8-5-7(10(14)19-8)11(18)15-12(6-9(16)17)3-1-2-4-12/h5H,1-4,6H2,(H,15,18)(H,16,17). The molecular formula is C12H13Br2NO3S. The van der Waals surface area contributed by atoms with Crippen LogP contribution in [0.3, 0.4) is 0 Å². The van der Waals surface area contributed by atoms with E-state index >= 15 is 0 Å². The van der Waals surface area contributed by atoms with Crippen LogP contribution in [0.1, 0.15) is 42.5 Å². The van der Waals surface area contributed by atoms with Gasteiger partial charge < -0.3 is 10.4 Å². The van der Waals surface area contributed by atoms with Gasteiger partial charge in [0.15, 0.2) is 0 Å². The molecule has 1 aromatic heterocycles. The number of hydrogen-bond donors (Lipinski definition) is 2. The van der Waals surface area contributed by atoms with Crippen molar-refractivity contribution in [3.05, 3.63) is 19.2 Å². The third-order valence-electron chi connectivity index (χ3n) is 3.33. The minimum atomic E-state index is -0.868. The number of amides is 1. The van der Waals surface area contributed by atoms with Crippen LogP contribution in [0.5, 0.6) is 0 Å². The smallest absolute Gasteiger partial charge is 0.305 e. The Morgan fingerprint density at radius 2 is 2.00 bits per heavy atom. The molecule has 4 nitrogen and oxygen atoms in total. The number of carbonyl (C=O) groups is 2. The molecule has 104 valence electrons. The summed E-state index contributed by atoms with van der Waals surface area (Å²) in [6, 6.07) is 1.74. The quantitative estimate of drug-likeness (QED) is 0.793. The lowest BCUT2D eigenvalue weighted by atomic mass is 9.93. The molecule has 1 aliphatic carbocycles. The number of nitrogens with one attached hydrogen (secondary N) is 1. The Hall–Kier alpha value is -0.400. The number of hydrogen-bond acceptors (Lipinski definition) is 3. The van der Waals surface area contributed by atoms with Gasteiger partial charge in [0.2, 0.25) is 0 Å². The van der Waals surface area contributed by atoms with Crippen LogP contribution in [0, 0.1) is 0 Å². The van der Waals surface area contributed by atoms with E-state index in [1.165, 1.54) is 11.3 Å². The van der Waals surface area contributed by atoms with Crippen molar-refractivity contribution in [2.75, 3.05) is 0 Å². The van der Waals surface area contributed by atoms with Crippen molar-refractivity contribution < 1.29 is 14.7 Å². The highest BCUT2D eigenvalue weighted by molar-refractivity contribution is 9.12. The number of carbonyl (C=O) groups excluding carboxylic acids is 1. The monoisotopic (exact) mass is 409 g/mol. The third kappa shape index (κ3) is 3.58. The van der Waals surface area contributed by atoms with Crippen LogP contribution in [-0.2, 0) is 4.79 Å². The van der Waals surface area contributed by atoms with E-state index in [2.05, 4.69) is 37.2 Å². The van der Waals surface area contributed by atoms with Gasteiger partial charge >= 0.3 is 5.97 Å². The Morgan fingerprint density at radius 3 is 2.47 bits per heavy atom. The van der Waals surface area contributed by atoms with Crippen LogP contribution in [0.15, 0.2) is 13.6 Å². The summed E-state index contributed by atoms with van der Waals surface area (Å²) < 4.78 is 1.61. The van der Waals surface area contributed by atoms with Crippen LogP contribution in [-0.4, -0.2) is 22.5 Å². The zero-order valence-electron chi connectivity index (χ0n) is 10.0. The Kier molecular flexibility index (Phi) is 4.68. The van der Waals surface area contributed by atoms with E-state index in [0.717, 1.165) is 33.3 Å². The fourth-order valence-corrected chi connectivity index (χ4v) is 5.28. The van der Waals surface area contributed by atoms with Gasteiger partial charge in [-0.25, -0.2) is 0 Å². The zero-order chi connectivity index (χ0) is 14.0. The van der Waals surface area contributed by atoms with E-state index in [1.807, 2.05) is 0 Å². The molecule has 1 amide bonds. The maximum Gasteiger partial charge on any atom is 0.305 e. The van der Waals surface area contributed by atoms with Crippen LogP contribution < -0.4 is 5.32 Å². The average molecular weight is 411 g/mol. The fourth-order valence-electron chi connectivity index (χ4n) is 2.49. The summed E-state index contributed by atoms with van der Waals surface area (Å²) in [4.78, 5) is 23.3. The number of aliphatic carboxylic acids is 1. The lowest BCUT2D eigenvalue weighted by molar-refractivity contribution is -0.138. The number of carboxylic acids is 1. The molecule has 0 atom stereocenters. The number of halogens is 2. The predicted octanol–water partition coefficient (Wildman–Crippen LogP) is 3.79. The van der Waals surface area contributed by atoms with Crippen LogP contribution in [0.25, 0.3) is 0 Å². The van der Waals surface area contributed by atoms with E-state index in [4.69, 9.17) is 5.11 Å². The van der Waals surface area contributed by atoms with Gasteiger partial charge in [-0.05, 0) is 50.8 Å². The van der Waals surface area contributed by atoms with Crippen molar-refractivity contribution in [3.63, 3.8) is 0 Å². The molecule has 0 radical (unpaired) electrons. The molecule has 1 fully saturated rings. The van der Waals surface area contributed by atoms with Crippen molar-refractivity contribution in [3.8, 4) is 0 Å². The van der Waals surface area contributed by atoms with E-state index in [0.29, 0.717) is 5.56 Å². The summed E-state index contributed by atoms with van der Waals surface area (Å²) in [6.07, 6.45) is 3.37. The van der Waals surface area contributed by atoms with Gasteiger partial charge in [-0.15, -0.1) is 11.3 Å². The topological polar surface area (TPSA) is 66.4 Å². The summed E-state index contributed by atoms with van der Waals surface area (Å²) in [7, 11) is 0. The van der Waals surface area contributed by atoms with Crippen LogP contribution in [0.2, 0.25) is 0 Å². The van der Waals surface area contributed by atoms with Crippen LogP contribution in [0.4, 0.5) is 0 Å². The minimum absolute atomic E-state index is 0.0122. The summed E-state index contributed by atoms with van der Waals surface area (Å²) >= 11 is 8.10. The molecule has 1 saturated carbocycles. The van der Waals surface area contributed by atoms with Crippen molar-refractivity contribution in [1.29, 1.82) is 0 Å². The van der Waals surface area contributed by atoms with E-state index in [1.54, 1.807) is 6.07 Å². The molecule has 7 heteroatoms. The molecule has 0 bridgehead atoms. The largest absolute Gasteiger partial charge is 0.481 e. The predicted molar refractivity (Wildman–Crippen MR) is 80.6 cm³/mol. The van der Waals surface area contributed by atoms with Gasteiger partial charge in [0.05, 0.1) is 25.1 Å². The third-order valence-corrected chi connectivity index (χ3v) is 5.67. The molecule has 0 unspecified atom stereocenters. The molecule has 0 aliphatic heterocycles. The Bertz CT molecular complexity index is 509. The van der Waals surface area contributed by atoms with E-state index in [-0.39, 0.29) is 12.3 Å². The first-order valence-corrected chi connectivity index (χ1v) is 8.31. The van der Waals surface area contributed by atoms with Gasteiger partial charge in [-0.1, -0.05) is 12.8 Å². The lowest BCUT2D eigenvalue weighted by Crippen LogP contribution is -2.47. The first-order valence-electron chi connectivity index (χ1n) is 5.91. The molecule has 1 heterocycles. The number of thiophene rings is 1. The first-order chi connectivity index (χ1) is 8.92. The highest BCUT2D eigenvalue weighted by atomic mass is 79.9. The Labute approximate surface area is 131 Å². The first kappa shape index (κ1) is 15.0. The normalized spacial score (nSPS) is 17.4. The lowest BCUT2D eigenvalue weighted by Gasteiger charge is -2.28. The van der Waals surface area contributed by atoms with Gasteiger partial charge in [0, 0.05) is 0 Å². The van der Waals surface area contributed by atoms with Gasteiger partial charge in [0.1, 0.15) is 0 Å². The molecule has 0 aromatic carbocycles. The van der Waals surface area contributed by atoms with Crippen molar-refractivity contribution >= 4 is 55.1 Å². The van der Waals surface area contributed by atoms with Crippen molar-refractivity contribution in [2.45, 2.75) is 37.6 Å². The number of rotatable bonds is 4. The molecule has 2 rings (SSSR count). The SMILES string of the molecule is O=C(O)CC1(NC(=O)c2cc(Br)sc2Br)CCCC1. The van der Waals surface area contributed by atoms with Gasteiger partial charge in [-0.2, -0.15) is 0 Å². The average Bonchev–Trinajstić information content (AvgIpc) is 2.85. The summed E-state index contributed by atoms with van der Waals surface area (Å²) in [5, 5.41) is 11.9. The molecule has 0 saturated heterocycles. The second-order valence-corrected chi connectivity index (χ2v) is 8.50. The Balaban J connectivity index is 2.15. The molecule has 0 spiro atoms. The zero-order valence-corrected chi connectivity index (χ0v) is 14.0. The summed E-state index contributed by atoms with van der Waals surface area (Å²) in [5.74, 6) is -1.08. The molecule has 1 aromatic rings. The van der Waals surface area contributed by atoms with Gasteiger partial charge in [0.25, 0.3) is 5.91 Å². The number of carboxylic acid groups (broad SMARTS) is 1. The van der Waals surface area contributed by atoms with Crippen molar-refractivity contribution in [1.82, 2.24) is 5.32 Å². The minimum Gasteiger partial charge on any atom is -0.481 e. The Morgan fingerprint density at radius 1 is 1.37 bits per heavy atom. The van der Waals surface area contributed by atoms with E-state index < -0.39 is 11.5 Å². The van der Waals surface area contributed by atoms with Crippen molar-refractivity contribution in [2.24, 2.45) is 0 Å². The van der Waals surface area contributed by atoms with E-state index in [9.17, 15) is 9.59 Å². The van der Waals surface area contributed by atoms with Gasteiger partial charge in [-0.3, -0.25) is 9.59 Å². The highest BCUT2D eigenvalue weighted by Crippen LogP contribution is 2.35. The molecule has 19 heavy (non-hydrogen) atoms. The second kappa shape index (κ2) is 5.93. The maximum absolute atomic E-state index is 12.3. The summed E-state index contributed by atoms with van der Waals surface area (Å²) in [6.45, 7) is 0. The second-order valence-electron chi connectivity index (χ2n) is 4.75. The fraction of sp³-hybridized carbons (Fsp3) is 0.500. The summed E-state index contributed by atoms with van der Waals surface area (Å²) in [5.41, 5.74) is -0.0370. The molecular weight excluding hydrogens is 398 g/mol. The molecule has 2 N–H and O–H groups in total. The van der Waals surface area contributed by atoms with Crippen LogP contribution >= 0.6 is 43.2 Å². The highest BCUT2D eigenvalue weighted by Gasteiger charge is 2.38.